The minimum absolute atomic E-state index is 0. The van der Waals surface area contributed by atoms with Gasteiger partial charge in [0.25, 0.3) is 0 Å². The van der Waals surface area contributed by atoms with E-state index in [9.17, 15) is 19.8 Å². The number of ether oxygens (including phenoxy) is 4. The number of halogens is 2. The molecule has 12 nitrogen and oxygen atoms in total. The molecule has 0 saturated carbocycles. The molecule has 0 aliphatic carbocycles. The molecular formula is C24H34Cl2N4O8. The quantitative estimate of drug-likeness (QED) is 0.201. The van der Waals surface area contributed by atoms with Gasteiger partial charge in [0, 0.05) is 5.56 Å². The van der Waals surface area contributed by atoms with E-state index >= 15 is 0 Å². The van der Waals surface area contributed by atoms with Crippen LogP contribution >= 0.6 is 24.8 Å². The number of carbonyl (C=O) groups is 2. The number of methoxy groups -OCH3 is 4. The van der Waals surface area contributed by atoms with E-state index in [1.165, 1.54) is 28.4 Å². The highest BCUT2D eigenvalue weighted by Crippen LogP contribution is 2.40. The van der Waals surface area contributed by atoms with Crippen LogP contribution in [0.1, 0.15) is 11.1 Å². The monoisotopic (exact) mass is 576 g/mol. The van der Waals surface area contributed by atoms with Gasteiger partial charge < -0.3 is 51.3 Å². The number of carbonyl (C=O) groups excluding carboxylic acids is 2. The van der Waals surface area contributed by atoms with E-state index < -0.39 is 37.1 Å². The van der Waals surface area contributed by atoms with Crippen LogP contribution in [0.2, 0.25) is 0 Å². The summed E-state index contributed by atoms with van der Waals surface area (Å²) in [5, 5.41) is 23.7. The van der Waals surface area contributed by atoms with Crippen LogP contribution in [0.4, 0.5) is 11.4 Å². The number of hydrogen-bond donors (Lipinski definition) is 6. The Morgan fingerprint density at radius 3 is 1.68 bits per heavy atom. The molecule has 0 aromatic heterocycles. The first-order valence-corrected chi connectivity index (χ1v) is 10.8. The number of aliphatic hydroxyl groups is 2. The summed E-state index contributed by atoms with van der Waals surface area (Å²) in [5.41, 5.74) is 12.7. The first-order valence-electron chi connectivity index (χ1n) is 10.8. The normalized spacial score (nSPS) is 11.9. The lowest BCUT2D eigenvalue weighted by molar-refractivity contribution is -0.119. The molecule has 2 atom stereocenters. The van der Waals surface area contributed by atoms with E-state index in [0.29, 0.717) is 28.4 Å². The molecule has 2 rings (SSSR count). The Morgan fingerprint density at radius 2 is 1.26 bits per heavy atom. The minimum Gasteiger partial charge on any atom is -0.494 e. The van der Waals surface area contributed by atoms with Crippen LogP contribution in [0.5, 0.6) is 23.0 Å². The smallest absolute Gasteiger partial charge is 0.243 e. The van der Waals surface area contributed by atoms with Crippen LogP contribution < -0.4 is 41.0 Å². The molecule has 0 bridgehead atoms. The van der Waals surface area contributed by atoms with Gasteiger partial charge in [-0.25, -0.2) is 0 Å². The Labute approximate surface area is 233 Å². The molecule has 8 N–H and O–H groups in total. The maximum atomic E-state index is 12.5. The van der Waals surface area contributed by atoms with E-state index in [2.05, 4.69) is 10.6 Å². The summed E-state index contributed by atoms with van der Waals surface area (Å²) < 4.78 is 21.5. The zero-order valence-electron chi connectivity index (χ0n) is 21.3. The average Bonchev–Trinajstić information content (AvgIpc) is 2.90. The van der Waals surface area contributed by atoms with Crippen LogP contribution in [0.3, 0.4) is 0 Å². The fourth-order valence-electron chi connectivity index (χ4n) is 3.15. The van der Waals surface area contributed by atoms with Gasteiger partial charge in [-0.15, -0.1) is 24.8 Å². The summed E-state index contributed by atoms with van der Waals surface area (Å²) in [5.74, 6) is 0.127. The number of aliphatic hydroxyl groups excluding tert-OH is 2. The van der Waals surface area contributed by atoms with E-state index in [1.807, 2.05) is 0 Å². The molecule has 2 aromatic carbocycles. The van der Waals surface area contributed by atoms with Crippen molar-refractivity contribution in [1.82, 2.24) is 0 Å². The van der Waals surface area contributed by atoms with Crippen molar-refractivity contribution in [2.24, 2.45) is 11.5 Å². The van der Waals surface area contributed by atoms with Crippen molar-refractivity contribution >= 4 is 60.2 Å². The molecule has 0 radical (unpaired) electrons. The number of benzene rings is 2. The molecular weight excluding hydrogens is 543 g/mol. The summed E-state index contributed by atoms with van der Waals surface area (Å²) in [6, 6.07) is 4.25. The van der Waals surface area contributed by atoms with Crippen molar-refractivity contribution in [3.63, 3.8) is 0 Å². The molecule has 14 heteroatoms. The van der Waals surface area contributed by atoms with Gasteiger partial charge in [0.2, 0.25) is 17.6 Å². The Bertz CT molecular complexity index is 1090. The van der Waals surface area contributed by atoms with Crippen LogP contribution in [-0.2, 0) is 9.59 Å². The zero-order valence-corrected chi connectivity index (χ0v) is 23.0. The summed E-state index contributed by atoms with van der Waals surface area (Å²) in [6.07, 6.45) is 3.39. The molecule has 0 unspecified atom stereocenters. The van der Waals surface area contributed by atoms with E-state index in [1.54, 1.807) is 36.4 Å². The van der Waals surface area contributed by atoms with Crippen LogP contribution in [0.25, 0.3) is 12.2 Å². The lowest BCUT2D eigenvalue weighted by atomic mass is 10.1. The van der Waals surface area contributed by atoms with Gasteiger partial charge in [0.05, 0.1) is 47.3 Å². The molecule has 0 fully saturated rings. The van der Waals surface area contributed by atoms with E-state index in [-0.39, 0.29) is 41.9 Å². The van der Waals surface area contributed by atoms with Crippen molar-refractivity contribution in [1.29, 1.82) is 0 Å². The van der Waals surface area contributed by atoms with Crippen LogP contribution in [0.15, 0.2) is 24.3 Å². The molecule has 0 aliphatic heterocycles. The summed E-state index contributed by atoms with van der Waals surface area (Å²) in [7, 11) is 5.88. The molecule has 212 valence electrons. The highest BCUT2D eigenvalue weighted by atomic mass is 35.5. The summed E-state index contributed by atoms with van der Waals surface area (Å²) >= 11 is 0. The fourth-order valence-corrected chi connectivity index (χ4v) is 3.15. The highest BCUT2D eigenvalue weighted by molar-refractivity contribution is 6.06. The maximum absolute atomic E-state index is 12.5. The molecule has 0 aliphatic rings. The average molecular weight is 577 g/mol. The topological polar surface area (TPSA) is 188 Å². The van der Waals surface area contributed by atoms with Crippen LogP contribution in [0, 0.1) is 0 Å². The molecule has 2 aromatic rings. The first kappa shape index (κ1) is 34.7. The molecule has 0 heterocycles. The Morgan fingerprint density at radius 1 is 0.789 bits per heavy atom. The standard InChI is InChI=1S/C24H32N4O8.2ClH/c1-33-17-8-7-14(6-5-13-9-18(34-2)22(36-4)19(10-13)35-3)20(27-23(31)15(25)11-29)21(17)28-24(32)16(26)12-30;;/h5-10,15-16,29-30H,11-12,25-26H2,1-4H3,(H,27,31)(H,28,32);2*1H/b6-5-;;/t15-,16-;;/m0../s1. The van der Waals surface area contributed by atoms with Crippen molar-refractivity contribution in [3.05, 3.63) is 35.4 Å². The Hall–Kier alpha value is -3.26. The molecule has 0 saturated heterocycles. The molecule has 2 amide bonds. The van der Waals surface area contributed by atoms with Gasteiger partial charge in [-0.05, 0) is 29.8 Å². The lowest BCUT2D eigenvalue weighted by Crippen LogP contribution is -2.40. The number of nitrogens with two attached hydrogens (primary N) is 2. The van der Waals surface area contributed by atoms with Gasteiger partial charge in [-0.1, -0.05) is 12.2 Å². The zero-order chi connectivity index (χ0) is 26.8. The number of amides is 2. The van der Waals surface area contributed by atoms with E-state index in [0.717, 1.165) is 0 Å². The predicted octanol–water partition coefficient (Wildman–Crippen LogP) is 1.25. The number of anilines is 2. The third-order valence-electron chi connectivity index (χ3n) is 5.12. The van der Waals surface area contributed by atoms with Crippen molar-refractivity contribution in [3.8, 4) is 23.0 Å². The Kier molecular flexibility index (Phi) is 15.1. The highest BCUT2D eigenvalue weighted by Gasteiger charge is 2.22. The van der Waals surface area contributed by atoms with Gasteiger partial charge in [-0.2, -0.15) is 0 Å². The largest absolute Gasteiger partial charge is 0.494 e. The minimum atomic E-state index is -1.22. The second-order valence-electron chi connectivity index (χ2n) is 7.46. The van der Waals surface area contributed by atoms with Crippen molar-refractivity contribution in [2.45, 2.75) is 12.1 Å². The maximum Gasteiger partial charge on any atom is 0.243 e. The first-order chi connectivity index (χ1) is 17.2. The molecule has 38 heavy (non-hydrogen) atoms. The third-order valence-corrected chi connectivity index (χ3v) is 5.12. The van der Waals surface area contributed by atoms with E-state index in [4.69, 9.17) is 30.4 Å². The number of rotatable bonds is 12. The third kappa shape index (κ3) is 8.38. The predicted molar refractivity (Wildman–Crippen MR) is 150 cm³/mol. The number of hydrogen-bond acceptors (Lipinski definition) is 10. The summed E-state index contributed by atoms with van der Waals surface area (Å²) in [4.78, 5) is 25.0. The Balaban J connectivity index is 0.00000684. The van der Waals surface area contributed by atoms with Gasteiger partial charge >= 0.3 is 0 Å². The van der Waals surface area contributed by atoms with Crippen molar-refractivity contribution < 1.29 is 38.7 Å². The van der Waals surface area contributed by atoms with Gasteiger partial charge in [0.15, 0.2) is 11.5 Å². The fraction of sp³-hybridized carbons (Fsp3) is 0.333. The van der Waals surface area contributed by atoms with Crippen LogP contribution in [-0.4, -0.2) is 75.8 Å². The number of nitrogens with one attached hydrogen (secondary N) is 2. The SMILES string of the molecule is COc1ccc(/C=C\c2cc(OC)c(OC)c(OC)c2)c(NC(=O)[C@@H](N)CO)c1NC(=O)[C@@H](N)CO.Cl.Cl. The summed E-state index contributed by atoms with van der Waals surface area (Å²) in [6.45, 7) is -1.19. The second kappa shape index (κ2) is 16.6. The van der Waals surface area contributed by atoms with Gasteiger partial charge in [0.1, 0.15) is 23.5 Å². The lowest BCUT2D eigenvalue weighted by Gasteiger charge is -2.20. The molecule has 0 spiro atoms. The van der Waals surface area contributed by atoms with Gasteiger partial charge in [-0.3, -0.25) is 9.59 Å². The van der Waals surface area contributed by atoms with Crippen molar-refractivity contribution in [2.75, 3.05) is 52.3 Å². The second-order valence-corrected chi connectivity index (χ2v) is 7.46.